The van der Waals surface area contributed by atoms with Gasteiger partial charge in [-0.1, -0.05) is 38.1 Å². The molecule has 0 saturated carbocycles. The van der Waals surface area contributed by atoms with Crippen LogP contribution in [0.4, 0.5) is 18.3 Å². The van der Waals surface area contributed by atoms with Crippen LogP contribution in [0.2, 0.25) is 0 Å². The first-order valence-electron chi connectivity index (χ1n) is 11.8. The molecule has 0 spiro atoms. The molecule has 1 aromatic heterocycles. The minimum Gasteiger partial charge on any atom is -0.302 e. The summed E-state index contributed by atoms with van der Waals surface area (Å²) in [5, 5.41) is 3.34. The third-order valence-electron chi connectivity index (χ3n) is 6.50. The zero-order valence-electron chi connectivity index (χ0n) is 20.8. The van der Waals surface area contributed by atoms with E-state index in [1.165, 1.54) is 35.6 Å². The number of benzene rings is 2. The molecular weight excluding hydrogens is 523 g/mol. The van der Waals surface area contributed by atoms with Crippen molar-refractivity contribution >= 4 is 32.2 Å². The molecule has 1 unspecified atom stereocenters. The molecule has 1 N–H and O–H groups in total. The smallest absolute Gasteiger partial charge is 0.302 e. The molecule has 0 bridgehead atoms. The van der Waals surface area contributed by atoms with Gasteiger partial charge in [0.2, 0.25) is 5.91 Å². The topological polar surface area (TPSA) is 79.4 Å². The number of rotatable bonds is 7. The summed E-state index contributed by atoms with van der Waals surface area (Å²) in [5.74, 6) is -0.0623. The molecule has 1 aliphatic heterocycles. The number of halogens is 3. The molecule has 1 aliphatic rings. The van der Waals surface area contributed by atoms with Gasteiger partial charge in [-0.25, -0.2) is 13.4 Å². The largest absolute Gasteiger partial charge is 0.416 e. The van der Waals surface area contributed by atoms with E-state index in [9.17, 15) is 26.4 Å². The van der Waals surface area contributed by atoms with Crippen molar-refractivity contribution < 1.29 is 26.4 Å². The molecule has 0 aliphatic carbocycles. The van der Waals surface area contributed by atoms with Crippen LogP contribution in [-0.4, -0.2) is 30.5 Å². The fraction of sp³-hybridized carbons (Fsp3) is 0.385. The number of anilines is 1. The summed E-state index contributed by atoms with van der Waals surface area (Å²) in [6.45, 7) is 6.71. The number of hydrogen-bond donors (Lipinski definition) is 1. The molecule has 0 saturated heterocycles. The van der Waals surface area contributed by atoms with Crippen LogP contribution in [0.15, 0.2) is 53.4 Å². The maximum absolute atomic E-state index is 13.0. The number of amides is 1. The van der Waals surface area contributed by atoms with E-state index in [4.69, 9.17) is 4.98 Å². The lowest BCUT2D eigenvalue weighted by Crippen LogP contribution is -2.29. The third kappa shape index (κ3) is 6.05. The molecule has 0 fully saturated rings. The molecular formula is C26H28F3N3O3S2. The van der Waals surface area contributed by atoms with E-state index in [0.29, 0.717) is 17.2 Å². The van der Waals surface area contributed by atoms with Gasteiger partial charge in [-0.3, -0.25) is 9.69 Å². The number of carbonyl (C=O) groups excluding carboxylic acids is 1. The summed E-state index contributed by atoms with van der Waals surface area (Å²) in [4.78, 5) is 20.8. The van der Waals surface area contributed by atoms with Crippen molar-refractivity contribution in [2.75, 3.05) is 11.6 Å². The first-order valence-corrected chi connectivity index (χ1v) is 14.5. The number of carbonyl (C=O) groups is 1. The Balaban J connectivity index is 1.45. The number of aromatic nitrogens is 1. The van der Waals surface area contributed by atoms with Gasteiger partial charge in [-0.2, -0.15) is 13.2 Å². The van der Waals surface area contributed by atoms with Crippen LogP contribution in [0.25, 0.3) is 0 Å². The predicted octanol–water partition coefficient (Wildman–Crippen LogP) is 6.02. The Morgan fingerprint density at radius 3 is 2.27 bits per heavy atom. The van der Waals surface area contributed by atoms with Gasteiger partial charge in [0, 0.05) is 23.7 Å². The first kappa shape index (κ1) is 27.3. The van der Waals surface area contributed by atoms with E-state index in [1.54, 1.807) is 12.1 Å². The molecule has 37 heavy (non-hydrogen) atoms. The Bertz CT molecular complexity index is 1380. The van der Waals surface area contributed by atoms with Crippen LogP contribution in [0.3, 0.4) is 0 Å². The van der Waals surface area contributed by atoms with Crippen molar-refractivity contribution in [1.82, 2.24) is 9.88 Å². The molecule has 1 amide bonds. The summed E-state index contributed by atoms with van der Waals surface area (Å²) >= 11 is 1.40. The van der Waals surface area contributed by atoms with Gasteiger partial charge in [-0.15, -0.1) is 11.3 Å². The Labute approximate surface area is 218 Å². The summed E-state index contributed by atoms with van der Waals surface area (Å²) in [6.07, 6.45) is -3.16. The lowest BCUT2D eigenvalue weighted by atomic mass is 9.98. The maximum atomic E-state index is 13.0. The van der Waals surface area contributed by atoms with Crippen LogP contribution in [0, 0.1) is 5.92 Å². The molecule has 6 nitrogen and oxygen atoms in total. The molecule has 11 heteroatoms. The van der Waals surface area contributed by atoms with E-state index in [2.05, 4.69) is 24.1 Å². The number of alkyl halides is 3. The van der Waals surface area contributed by atoms with Crippen molar-refractivity contribution in [1.29, 1.82) is 0 Å². The van der Waals surface area contributed by atoms with Gasteiger partial charge >= 0.3 is 6.18 Å². The minimum absolute atomic E-state index is 0.0438. The predicted molar refractivity (Wildman–Crippen MR) is 137 cm³/mol. The van der Waals surface area contributed by atoms with Gasteiger partial charge in [-0.05, 0) is 48.2 Å². The van der Waals surface area contributed by atoms with E-state index in [0.717, 1.165) is 34.5 Å². The highest BCUT2D eigenvalue weighted by Crippen LogP contribution is 2.46. The number of thiazole rings is 1. The fourth-order valence-corrected chi connectivity index (χ4v) is 6.26. The van der Waals surface area contributed by atoms with Gasteiger partial charge < -0.3 is 5.32 Å². The number of sulfone groups is 1. The zero-order chi connectivity index (χ0) is 27.1. The van der Waals surface area contributed by atoms with Crippen LogP contribution in [0.1, 0.15) is 60.1 Å². The van der Waals surface area contributed by atoms with Crippen LogP contribution >= 0.6 is 11.3 Å². The second kappa shape index (κ2) is 10.2. The summed E-state index contributed by atoms with van der Waals surface area (Å²) in [6, 6.07) is 11.3. The molecule has 0 radical (unpaired) electrons. The van der Waals surface area contributed by atoms with Crippen LogP contribution in [-0.2, 0) is 33.8 Å². The zero-order valence-corrected chi connectivity index (χ0v) is 22.5. The molecule has 3 aromatic rings. The molecule has 2 heterocycles. The van der Waals surface area contributed by atoms with Gasteiger partial charge in [0.25, 0.3) is 0 Å². The highest BCUT2D eigenvalue weighted by Gasteiger charge is 2.39. The number of fused-ring (bicyclic) bond motifs is 1. The van der Waals surface area contributed by atoms with E-state index in [1.807, 2.05) is 6.92 Å². The number of hydrogen-bond acceptors (Lipinski definition) is 6. The first-order chi connectivity index (χ1) is 17.2. The maximum Gasteiger partial charge on any atom is 0.416 e. The van der Waals surface area contributed by atoms with Gasteiger partial charge in [0.05, 0.1) is 28.6 Å². The molecule has 4 rings (SSSR count). The number of nitrogens with zero attached hydrogens (tertiary/aromatic N) is 2. The standard InChI is InChI=1S/C26H28F3N3O3S2/c1-15(2)24-23-21(14-32(24)16(3)18-7-9-19(10-8-18)26(27,28)29)36-25(31-23)30-22(33)13-17-5-11-20(12-6-17)37(4,34)35/h5-12,15-16,24H,13-14H2,1-4H3,(H,30,31,33)/t16-,24?/m1/s1. The SMILES string of the molecule is CC(C)C1c2nc(NC(=O)Cc3ccc(S(C)(=O)=O)cc3)sc2CN1[C@H](C)c1ccc(C(F)(F)F)cc1. The summed E-state index contributed by atoms with van der Waals surface area (Å²) in [5.41, 5.74) is 1.69. The molecule has 2 atom stereocenters. The van der Waals surface area contributed by atoms with Crippen molar-refractivity contribution in [3.63, 3.8) is 0 Å². The second-order valence-electron chi connectivity index (χ2n) is 9.63. The summed E-state index contributed by atoms with van der Waals surface area (Å²) in [7, 11) is -3.30. The minimum atomic E-state index is -4.37. The normalized spacial score (nSPS) is 17.1. The molecule has 2 aromatic carbocycles. The molecule has 198 valence electrons. The average molecular weight is 552 g/mol. The fourth-order valence-electron chi connectivity index (χ4n) is 4.60. The van der Waals surface area contributed by atoms with E-state index in [-0.39, 0.29) is 35.2 Å². The van der Waals surface area contributed by atoms with Crippen molar-refractivity contribution in [2.45, 2.75) is 56.9 Å². The van der Waals surface area contributed by atoms with Crippen LogP contribution in [0.5, 0.6) is 0 Å². The van der Waals surface area contributed by atoms with Gasteiger partial charge in [0.1, 0.15) is 0 Å². The van der Waals surface area contributed by atoms with E-state index < -0.39 is 21.6 Å². The second-order valence-corrected chi connectivity index (χ2v) is 12.7. The third-order valence-corrected chi connectivity index (χ3v) is 8.60. The summed E-state index contributed by atoms with van der Waals surface area (Å²) < 4.78 is 62.1. The number of nitrogens with one attached hydrogen (secondary N) is 1. The Morgan fingerprint density at radius 2 is 1.73 bits per heavy atom. The highest BCUT2D eigenvalue weighted by atomic mass is 32.2. The van der Waals surface area contributed by atoms with E-state index >= 15 is 0 Å². The lowest BCUT2D eigenvalue weighted by Gasteiger charge is -2.33. The van der Waals surface area contributed by atoms with Crippen molar-refractivity contribution in [2.24, 2.45) is 5.92 Å². The highest BCUT2D eigenvalue weighted by molar-refractivity contribution is 7.90. The average Bonchev–Trinajstić information content (AvgIpc) is 3.34. The monoisotopic (exact) mass is 551 g/mol. The van der Waals surface area contributed by atoms with Crippen LogP contribution < -0.4 is 5.32 Å². The Hall–Kier alpha value is -2.76. The van der Waals surface area contributed by atoms with Crippen molar-refractivity contribution in [3.05, 3.63) is 75.8 Å². The van der Waals surface area contributed by atoms with Gasteiger partial charge in [0.15, 0.2) is 15.0 Å². The quantitative estimate of drug-likeness (QED) is 0.389. The Morgan fingerprint density at radius 1 is 1.11 bits per heavy atom. The lowest BCUT2D eigenvalue weighted by molar-refractivity contribution is -0.137. The Kier molecular flexibility index (Phi) is 7.51. The van der Waals surface area contributed by atoms with Crippen molar-refractivity contribution in [3.8, 4) is 0 Å².